The van der Waals surface area contributed by atoms with Crippen LogP contribution >= 0.6 is 15.9 Å². The molecule has 0 spiro atoms. The Labute approximate surface area is 136 Å². The average Bonchev–Trinajstić information content (AvgIpc) is 3.02. The summed E-state index contributed by atoms with van der Waals surface area (Å²) in [5, 5.41) is 7.82. The molecule has 1 heterocycles. The molecule has 0 aliphatic heterocycles. The lowest BCUT2D eigenvalue weighted by Crippen LogP contribution is -2.41. The van der Waals surface area contributed by atoms with Crippen molar-refractivity contribution in [2.75, 3.05) is 6.54 Å². The highest BCUT2D eigenvalue weighted by molar-refractivity contribution is 9.10. The van der Waals surface area contributed by atoms with Gasteiger partial charge in [0.2, 0.25) is 5.91 Å². The Bertz CT molecular complexity index is 629. The van der Waals surface area contributed by atoms with E-state index in [0.717, 1.165) is 10.0 Å². The van der Waals surface area contributed by atoms with Crippen LogP contribution in [0.3, 0.4) is 0 Å². The van der Waals surface area contributed by atoms with E-state index in [4.69, 9.17) is 4.42 Å². The van der Waals surface area contributed by atoms with Gasteiger partial charge in [0.25, 0.3) is 0 Å². The predicted octanol–water partition coefficient (Wildman–Crippen LogP) is 2.16. The summed E-state index contributed by atoms with van der Waals surface area (Å²) in [6.45, 7) is 0.595. The zero-order valence-electron chi connectivity index (χ0n) is 11.8. The summed E-state index contributed by atoms with van der Waals surface area (Å²) in [7, 11) is 0. The van der Waals surface area contributed by atoms with Gasteiger partial charge >= 0.3 is 6.03 Å². The van der Waals surface area contributed by atoms with Crippen LogP contribution in [0, 0.1) is 0 Å². The summed E-state index contributed by atoms with van der Waals surface area (Å²) >= 11 is 3.36. The van der Waals surface area contributed by atoms with Crippen LogP contribution in [0.2, 0.25) is 0 Å². The third-order valence-corrected chi connectivity index (χ3v) is 3.28. The van der Waals surface area contributed by atoms with E-state index in [1.807, 2.05) is 24.3 Å². The van der Waals surface area contributed by atoms with E-state index >= 15 is 0 Å². The summed E-state index contributed by atoms with van der Waals surface area (Å²) in [5.41, 5.74) is 0.965. The molecule has 2 rings (SSSR count). The van der Waals surface area contributed by atoms with E-state index in [9.17, 15) is 9.59 Å². The first-order valence-electron chi connectivity index (χ1n) is 6.69. The molecule has 7 heteroatoms. The Kier molecular flexibility index (Phi) is 6.02. The van der Waals surface area contributed by atoms with Gasteiger partial charge in [0.1, 0.15) is 5.76 Å². The Morgan fingerprint density at radius 3 is 2.64 bits per heavy atom. The van der Waals surface area contributed by atoms with Gasteiger partial charge in [-0.1, -0.05) is 28.1 Å². The Morgan fingerprint density at radius 2 is 1.91 bits per heavy atom. The van der Waals surface area contributed by atoms with E-state index < -0.39 is 6.03 Å². The smallest absolute Gasteiger partial charge is 0.315 e. The molecule has 22 heavy (non-hydrogen) atoms. The maximum atomic E-state index is 11.6. The molecule has 0 unspecified atom stereocenters. The predicted molar refractivity (Wildman–Crippen MR) is 84.9 cm³/mol. The van der Waals surface area contributed by atoms with E-state index in [1.54, 1.807) is 12.1 Å². The molecule has 0 atom stereocenters. The number of halogens is 1. The number of urea groups is 1. The minimum atomic E-state index is -0.395. The van der Waals surface area contributed by atoms with Crippen LogP contribution in [0.25, 0.3) is 0 Å². The number of carbonyl (C=O) groups is 2. The van der Waals surface area contributed by atoms with Gasteiger partial charge in [-0.2, -0.15) is 0 Å². The van der Waals surface area contributed by atoms with Gasteiger partial charge in [0.05, 0.1) is 19.4 Å². The van der Waals surface area contributed by atoms with Crippen LogP contribution in [0.5, 0.6) is 0 Å². The molecule has 0 saturated carbocycles. The molecule has 6 nitrogen and oxygen atoms in total. The molecule has 0 aliphatic rings. The minimum absolute atomic E-state index is 0.0922. The topological polar surface area (TPSA) is 83.4 Å². The molecule has 3 amide bonds. The first kappa shape index (κ1) is 16.1. The first-order chi connectivity index (χ1) is 10.6. The molecule has 0 fully saturated rings. The highest BCUT2D eigenvalue weighted by atomic mass is 79.9. The molecular weight excluding hydrogens is 350 g/mol. The van der Waals surface area contributed by atoms with E-state index in [1.165, 1.54) is 6.26 Å². The second kappa shape index (κ2) is 8.23. The molecule has 1 aromatic carbocycles. The standard InChI is InChI=1S/C15H16BrN3O3/c16-12-4-1-3-11(7-12)8-18-15(21)19-10-14(20)17-9-13-5-2-6-22-13/h1-7H,8-10H2,(H,17,20)(H2,18,19,21). The fourth-order valence-electron chi connectivity index (χ4n) is 1.71. The average molecular weight is 366 g/mol. The lowest BCUT2D eigenvalue weighted by atomic mass is 10.2. The van der Waals surface area contributed by atoms with Gasteiger partial charge in [-0.15, -0.1) is 0 Å². The fourth-order valence-corrected chi connectivity index (χ4v) is 2.16. The van der Waals surface area contributed by atoms with Crippen LogP contribution in [0.15, 0.2) is 51.6 Å². The minimum Gasteiger partial charge on any atom is -0.467 e. The number of nitrogens with one attached hydrogen (secondary N) is 3. The molecule has 3 N–H and O–H groups in total. The van der Waals surface area contributed by atoms with Crippen LogP contribution in [0.1, 0.15) is 11.3 Å². The van der Waals surface area contributed by atoms with Gasteiger partial charge in [0.15, 0.2) is 0 Å². The highest BCUT2D eigenvalue weighted by Crippen LogP contribution is 2.11. The number of benzene rings is 1. The molecule has 1 aromatic heterocycles. The van der Waals surface area contributed by atoms with Crippen LogP contribution in [0.4, 0.5) is 4.79 Å². The van der Waals surface area contributed by atoms with Crippen molar-refractivity contribution in [3.63, 3.8) is 0 Å². The Balaban J connectivity index is 1.63. The van der Waals surface area contributed by atoms with Crippen molar-refractivity contribution in [1.29, 1.82) is 0 Å². The summed E-state index contributed by atoms with van der Waals surface area (Å²) in [5.74, 6) is 0.376. The van der Waals surface area contributed by atoms with E-state index in [0.29, 0.717) is 18.8 Å². The quantitative estimate of drug-likeness (QED) is 0.733. The summed E-state index contributed by atoms with van der Waals surface area (Å²) in [4.78, 5) is 23.2. The molecule has 0 aliphatic carbocycles. The molecule has 116 valence electrons. The van der Waals surface area contributed by atoms with E-state index in [-0.39, 0.29) is 12.5 Å². The Morgan fingerprint density at radius 1 is 1.05 bits per heavy atom. The van der Waals surface area contributed by atoms with Crippen LogP contribution < -0.4 is 16.0 Å². The normalized spacial score (nSPS) is 10.0. The van der Waals surface area contributed by atoms with Crippen molar-refractivity contribution in [3.05, 3.63) is 58.5 Å². The van der Waals surface area contributed by atoms with Gasteiger partial charge in [-0.25, -0.2) is 4.79 Å². The molecule has 2 aromatic rings. The largest absolute Gasteiger partial charge is 0.467 e. The summed E-state index contributed by atoms with van der Waals surface area (Å²) in [6, 6.07) is 10.7. The third-order valence-electron chi connectivity index (χ3n) is 2.79. The number of amides is 3. The maximum Gasteiger partial charge on any atom is 0.315 e. The van der Waals surface area contributed by atoms with E-state index in [2.05, 4.69) is 31.9 Å². The van der Waals surface area contributed by atoms with Crippen LogP contribution in [-0.4, -0.2) is 18.5 Å². The monoisotopic (exact) mass is 365 g/mol. The fraction of sp³-hybridized carbons (Fsp3) is 0.200. The number of furan rings is 1. The second-order valence-corrected chi connectivity index (χ2v) is 5.44. The zero-order chi connectivity index (χ0) is 15.8. The molecule has 0 saturated heterocycles. The third kappa shape index (κ3) is 5.61. The van der Waals surface area contributed by atoms with Gasteiger partial charge in [-0.05, 0) is 29.8 Å². The van der Waals surface area contributed by atoms with Gasteiger partial charge < -0.3 is 20.4 Å². The Hall–Kier alpha value is -2.28. The van der Waals surface area contributed by atoms with Gasteiger partial charge in [-0.3, -0.25) is 4.79 Å². The number of carbonyl (C=O) groups excluding carboxylic acids is 2. The summed E-state index contributed by atoms with van der Waals surface area (Å²) < 4.78 is 6.04. The van der Waals surface area contributed by atoms with Crippen molar-refractivity contribution < 1.29 is 14.0 Å². The molecule has 0 bridgehead atoms. The summed E-state index contributed by atoms with van der Waals surface area (Å²) in [6.07, 6.45) is 1.54. The second-order valence-electron chi connectivity index (χ2n) is 4.52. The molecule has 0 radical (unpaired) electrons. The van der Waals surface area contributed by atoms with Crippen molar-refractivity contribution in [1.82, 2.24) is 16.0 Å². The SMILES string of the molecule is O=C(CNC(=O)NCc1cccc(Br)c1)NCc1ccco1. The van der Waals surface area contributed by atoms with Crippen molar-refractivity contribution in [2.24, 2.45) is 0 Å². The van der Waals surface area contributed by atoms with Gasteiger partial charge in [0, 0.05) is 11.0 Å². The van der Waals surface area contributed by atoms with Crippen molar-refractivity contribution in [3.8, 4) is 0 Å². The van der Waals surface area contributed by atoms with Crippen LogP contribution in [-0.2, 0) is 17.9 Å². The maximum absolute atomic E-state index is 11.6. The first-order valence-corrected chi connectivity index (χ1v) is 7.48. The molecular formula is C15H16BrN3O3. The van der Waals surface area contributed by atoms with Crippen molar-refractivity contribution in [2.45, 2.75) is 13.1 Å². The highest BCUT2D eigenvalue weighted by Gasteiger charge is 2.06. The number of rotatable bonds is 6. The number of hydrogen-bond donors (Lipinski definition) is 3. The lowest BCUT2D eigenvalue weighted by Gasteiger charge is -2.08. The lowest BCUT2D eigenvalue weighted by molar-refractivity contribution is -0.120. The number of hydrogen-bond acceptors (Lipinski definition) is 3. The zero-order valence-corrected chi connectivity index (χ0v) is 13.4. The van der Waals surface area contributed by atoms with Crippen molar-refractivity contribution >= 4 is 27.9 Å².